The molecule has 1 aliphatic rings. The maximum Gasteiger partial charge on any atom is 0.129 e. The van der Waals surface area contributed by atoms with Gasteiger partial charge in [0.25, 0.3) is 0 Å². The van der Waals surface area contributed by atoms with Crippen LogP contribution in [0.1, 0.15) is 6.42 Å². The van der Waals surface area contributed by atoms with Crippen molar-refractivity contribution in [3.8, 4) is 0 Å². The molecule has 0 atom stereocenters. The van der Waals surface area contributed by atoms with E-state index in [0.29, 0.717) is 0 Å². The molecule has 52 valence electrons. The third-order valence-corrected chi connectivity index (χ3v) is 1.39. The zero-order chi connectivity index (χ0) is 7.56. The van der Waals surface area contributed by atoms with Crippen molar-refractivity contribution in [3.05, 3.63) is 49.0 Å². The topological polar surface area (TPSA) is 9.23 Å². The van der Waals surface area contributed by atoms with E-state index in [2.05, 4.69) is 19.7 Å². The molecule has 1 nitrogen and oxygen atoms in total. The van der Waals surface area contributed by atoms with Crippen LogP contribution in [-0.4, -0.2) is 0 Å². The van der Waals surface area contributed by atoms with Crippen molar-refractivity contribution < 1.29 is 4.74 Å². The minimum Gasteiger partial charge on any atom is -0.462 e. The van der Waals surface area contributed by atoms with Crippen molar-refractivity contribution in [2.45, 2.75) is 6.42 Å². The summed E-state index contributed by atoms with van der Waals surface area (Å²) in [4.78, 5) is 0. The zero-order valence-corrected chi connectivity index (χ0v) is 5.89. The molecule has 0 fully saturated rings. The summed E-state index contributed by atoms with van der Waals surface area (Å²) >= 11 is 0. The van der Waals surface area contributed by atoms with Gasteiger partial charge in [-0.1, -0.05) is 25.8 Å². The number of hydrogen-bond acceptors (Lipinski definition) is 1. The van der Waals surface area contributed by atoms with Crippen LogP contribution in [0.2, 0.25) is 0 Å². The van der Waals surface area contributed by atoms with Crippen molar-refractivity contribution in [1.29, 1.82) is 0 Å². The quantitative estimate of drug-likeness (QED) is 0.564. The van der Waals surface area contributed by atoms with Crippen LogP contribution in [0, 0.1) is 0 Å². The molecule has 10 heavy (non-hydrogen) atoms. The maximum atomic E-state index is 5.21. The second kappa shape index (κ2) is 2.56. The van der Waals surface area contributed by atoms with Crippen LogP contribution in [0.3, 0.4) is 0 Å². The highest BCUT2D eigenvalue weighted by molar-refractivity contribution is 5.35. The minimum atomic E-state index is 0.768. The Morgan fingerprint density at radius 3 is 2.40 bits per heavy atom. The Labute approximate surface area is 61.0 Å². The van der Waals surface area contributed by atoms with Gasteiger partial charge in [-0.15, -0.1) is 0 Å². The Morgan fingerprint density at radius 2 is 2.00 bits per heavy atom. The third kappa shape index (κ3) is 1.03. The van der Waals surface area contributed by atoms with Crippen LogP contribution >= 0.6 is 0 Å². The Hall–Kier alpha value is -1.24. The molecule has 0 unspecified atom stereocenters. The summed E-state index contributed by atoms with van der Waals surface area (Å²) in [5, 5.41) is 0. The Morgan fingerprint density at radius 1 is 1.30 bits per heavy atom. The molecule has 0 aromatic rings. The Balaban J connectivity index is 2.90. The first-order chi connectivity index (χ1) is 4.77. The lowest BCUT2D eigenvalue weighted by Gasteiger charge is -1.95. The van der Waals surface area contributed by atoms with E-state index in [9.17, 15) is 0 Å². The molecular formula is C9H10O. The van der Waals surface area contributed by atoms with E-state index in [4.69, 9.17) is 4.74 Å². The zero-order valence-electron chi connectivity index (χ0n) is 5.89. The second-order valence-corrected chi connectivity index (χ2v) is 2.12. The van der Waals surface area contributed by atoms with Crippen LogP contribution in [0.25, 0.3) is 0 Å². The molecule has 1 aliphatic heterocycles. The van der Waals surface area contributed by atoms with Crippen LogP contribution in [0.5, 0.6) is 0 Å². The summed E-state index contributed by atoms with van der Waals surface area (Å²) in [6, 6.07) is 0. The van der Waals surface area contributed by atoms with Gasteiger partial charge in [-0.2, -0.15) is 0 Å². The maximum absolute atomic E-state index is 5.21. The van der Waals surface area contributed by atoms with Gasteiger partial charge in [0.1, 0.15) is 11.5 Å². The molecule has 0 saturated carbocycles. The summed E-state index contributed by atoms with van der Waals surface area (Å²) in [5.41, 5.74) is 1.07. The van der Waals surface area contributed by atoms with Crippen molar-refractivity contribution in [2.75, 3.05) is 0 Å². The van der Waals surface area contributed by atoms with Gasteiger partial charge in [0.2, 0.25) is 0 Å². The smallest absolute Gasteiger partial charge is 0.129 e. The summed E-state index contributed by atoms with van der Waals surface area (Å²) in [5.74, 6) is 1.56. The van der Waals surface area contributed by atoms with E-state index in [0.717, 1.165) is 23.5 Å². The first kappa shape index (κ1) is 6.87. The molecule has 0 aliphatic carbocycles. The van der Waals surface area contributed by atoms with Gasteiger partial charge in [-0.3, -0.25) is 0 Å². The van der Waals surface area contributed by atoms with Crippen LogP contribution < -0.4 is 0 Å². The predicted octanol–water partition coefficient (Wildman–Crippen LogP) is 2.55. The van der Waals surface area contributed by atoms with Gasteiger partial charge in [-0.05, 0) is 6.08 Å². The number of allylic oxidation sites excluding steroid dienone is 3. The third-order valence-electron chi connectivity index (χ3n) is 1.39. The lowest BCUT2D eigenvalue weighted by Crippen LogP contribution is -1.76. The molecule has 1 heteroatoms. The molecule has 0 saturated heterocycles. The van der Waals surface area contributed by atoms with Crippen molar-refractivity contribution in [1.82, 2.24) is 0 Å². The van der Waals surface area contributed by atoms with Crippen LogP contribution in [0.15, 0.2) is 49.0 Å². The fourth-order valence-corrected chi connectivity index (χ4v) is 0.902. The highest BCUT2D eigenvalue weighted by Crippen LogP contribution is 2.27. The molecule has 0 aromatic heterocycles. The molecule has 1 heterocycles. The van der Waals surface area contributed by atoms with Crippen LogP contribution in [-0.2, 0) is 4.74 Å². The Kier molecular flexibility index (Phi) is 1.76. The van der Waals surface area contributed by atoms with E-state index in [1.165, 1.54) is 0 Å². The first-order valence-electron chi connectivity index (χ1n) is 3.11. The SMILES string of the molecule is C=CC1=C(C=C)OC(=C)C1. The average Bonchev–Trinajstić information content (AvgIpc) is 2.30. The number of rotatable bonds is 2. The fourth-order valence-electron chi connectivity index (χ4n) is 0.902. The van der Waals surface area contributed by atoms with E-state index < -0.39 is 0 Å². The van der Waals surface area contributed by atoms with Crippen LogP contribution in [0.4, 0.5) is 0 Å². The average molecular weight is 134 g/mol. The van der Waals surface area contributed by atoms with E-state index in [1.54, 1.807) is 12.2 Å². The standard InChI is InChI=1S/C9H10O/c1-4-8-6-7(3)10-9(8)5-2/h4-5H,1-3,6H2. The summed E-state index contributed by atoms with van der Waals surface area (Å²) in [7, 11) is 0. The molecule has 0 spiro atoms. The van der Waals surface area contributed by atoms with E-state index in [-0.39, 0.29) is 0 Å². The summed E-state index contributed by atoms with van der Waals surface area (Å²) < 4.78 is 5.21. The number of hydrogen-bond donors (Lipinski definition) is 0. The molecular weight excluding hydrogens is 124 g/mol. The van der Waals surface area contributed by atoms with Gasteiger partial charge in [0.15, 0.2) is 0 Å². The van der Waals surface area contributed by atoms with Crippen molar-refractivity contribution in [3.63, 3.8) is 0 Å². The highest BCUT2D eigenvalue weighted by atomic mass is 16.5. The summed E-state index contributed by atoms with van der Waals surface area (Å²) in [6.45, 7) is 10.9. The normalized spacial score (nSPS) is 17.0. The number of ether oxygens (including phenoxy) is 1. The van der Waals surface area contributed by atoms with Gasteiger partial charge in [0.05, 0.1) is 0 Å². The predicted molar refractivity (Wildman–Crippen MR) is 42.3 cm³/mol. The molecule has 0 amide bonds. The van der Waals surface area contributed by atoms with Gasteiger partial charge >= 0.3 is 0 Å². The molecule has 0 radical (unpaired) electrons. The van der Waals surface area contributed by atoms with Crippen molar-refractivity contribution >= 4 is 0 Å². The highest BCUT2D eigenvalue weighted by Gasteiger charge is 2.13. The summed E-state index contributed by atoms with van der Waals surface area (Å²) in [6.07, 6.45) is 4.22. The van der Waals surface area contributed by atoms with E-state index >= 15 is 0 Å². The van der Waals surface area contributed by atoms with Gasteiger partial charge < -0.3 is 4.74 Å². The van der Waals surface area contributed by atoms with Crippen molar-refractivity contribution in [2.24, 2.45) is 0 Å². The largest absolute Gasteiger partial charge is 0.462 e. The molecule has 0 aromatic carbocycles. The minimum absolute atomic E-state index is 0.768. The lowest BCUT2D eigenvalue weighted by molar-refractivity contribution is 0.340. The molecule has 0 bridgehead atoms. The molecule has 0 N–H and O–H groups in total. The van der Waals surface area contributed by atoms with E-state index in [1.807, 2.05) is 0 Å². The lowest BCUT2D eigenvalue weighted by atomic mass is 10.2. The van der Waals surface area contributed by atoms with Gasteiger partial charge in [0, 0.05) is 12.0 Å². The Bertz CT molecular complexity index is 199. The van der Waals surface area contributed by atoms with Gasteiger partial charge in [-0.25, -0.2) is 0 Å². The first-order valence-corrected chi connectivity index (χ1v) is 3.11. The fraction of sp³-hybridized carbons (Fsp3) is 0.111. The second-order valence-electron chi connectivity index (χ2n) is 2.12. The monoisotopic (exact) mass is 134 g/mol. The molecule has 1 rings (SSSR count).